The smallest absolute Gasteiger partial charge is 0.0456 e. The summed E-state index contributed by atoms with van der Waals surface area (Å²) in [5, 5.41) is 1.31. The Kier molecular flexibility index (Phi) is 3.62. The third-order valence-corrected chi connectivity index (χ3v) is 3.15. The molecule has 2 heteroatoms. The summed E-state index contributed by atoms with van der Waals surface area (Å²) in [6.07, 6.45) is 3.46. The Morgan fingerprint density at radius 2 is 2.06 bits per heavy atom. The molecule has 0 saturated heterocycles. The quantitative estimate of drug-likeness (QED) is 0.792. The van der Waals surface area contributed by atoms with Gasteiger partial charge in [0.2, 0.25) is 0 Å². The molecule has 0 aliphatic carbocycles. The maximum atomic E-state index is 5.55. The second kappa shape index (κ2) is 5.17. The van der Waals surface area contributed by atoms with E-state index in [0.717, 1.165) is 25.3 Å². The molecule has 0 aliphatic rings. The number of nitrogens with one attached hydrogen (secondary N) is 1. The van der Waals surface area contributed by atoms with Gasteiger partial charge in [-0.05, 0) is 49.2 Å². The minimum atomic E-state index is 0.719. The van der Waals surface area contributed by atoms with E-state index in [1.165, 1.54) is 23.0 Å². The fourth-order valence-electron chi connectivity index (χ4n) is 2.10. The molecule has 0 amide bonds. The van der Waals surface area contributed by atoms with Gasteiger partial charge in [0.05, 0.1) is 0 Å². The molecule has 1 aromatic heterocycles. The molecule has 1 aromatic carbocycles. The van der Waals surface area contributed by atoms with Crippen LogP contribution in [-0.2, 0) is 6.42 Å². The third kappa shape index (κ3) is 2.64. The van der Waals surface area contributed by atoms with Gasteiger partial charge in [0.1, 0.15) is 0 Å². The normalized spacial score (nSPS) is 13.1. The molecular weight excluding hydrogens is 196 g/mol. The summed E-state index contributed by atoms with van der Waals surface area (Å²) in [4.78, 5) is 3.46. The highest BCUT2D eigenvalue weighted by Gasteiger charge is 2.04. The summed E-state index contributed by atoms with van der Waals surface area (Å²) >= 11 is 0. The standard InChI is InChI=1S/C14H20N2/c1-11(8-9-15)6-7-13-10-12-4-2-3-5-14(12)16-13/h2-5,10-11,16H,6-9,15H2,1H3. The fourth-order valence-corrected chi connectivity index (χ4v) is 2.10. The molecule has 0 spiro atoms. The molecule has 0 aliphatic heterocycles. The first kappa shape index (κ1) is 11.2. The number of benzene rings is 1. The Labute approximate surface area is 96.9 Å². The lowest BCUT2D eigenvalue weighted by Gasteiger charge is -2.07. The summed E-state index contributed by atoms with van der Waals surface area (Å²) in [6, 6.07) is 10.7. The molecule has 16 heavy (non-hydrogen) atoms. The fraction of sp³-hybridized carbons (Fsp3) is 0.429. The predicted octanol–water partition coefficient (Wildman–Crippen LogP) is 3.09. The molecule has 0 saturated carbocycles. The highest BCUT2D eigenvalue weighted by molar-refractivity contribution is 5.80. The van der Waals surface area contributed by atoms with Crippen LogP contribution in [0.2, 0.25) is 0 Å². The first-order valence-corrected chi connectivity index (χ1v) is 6.06. The van der Waals surface area contributed by atoms with Crippen molar-refractivity contribution < 1.29 is 0 Å². The zero-order chi connectivity index (χ0) is 11.4. The summed E-state index contributed by atoms with van der Waals surface area (Å²) in [6.45, 7) is 3.07. The van der Waals surface area contributed by atoms with Crippen LogP contribution in [0.1, 0.15) is 25.5 Å². The number of fused-ring (bicyclic) bond motifs is 1. The van der Waals surface area contributed by atoms with Crippen molar-refractivity contribution in [3.63, 3.8) is 0 Å². The monoisotopic (exact) mass is 216 g/mol. The molecule has 0 radical (unpaired) electrons. The van der Waals surface area contributed by atoms with E-state index in [9.17, 15) is 0 Å². The molecular formula is C14H20N2. The molecule has 2 aromatic rings. The van der Waals surface area contributed by atoms with Gasteiger partial charge in [-0.2, -0.15) is 0 Å². The summed E-state index contributed by atoms with van der Waals surface area (Å²) < 4.78 is 0. The van der Waals surface area contributed by atoms with Crippen molar-refractivity contribution >= 4 is 10.9 Å². The average Bonchev–Trinajstić information content (AvgIpc) is 2.69. The predicted molar refractivity (Wildman–Crippen MR) is 69.5 cm³/mol. The third-order valence-electron chi connectivity index (χ3n) is 3.15. The second-order valence-electron chi connectivity index (χ2n) is 4.60. The first-order valence-electron chi connectivity index (χ1n) is 6.06. The SMILES string of the molecule is CC(CCN)CCc1cc2ccccc2[nH]1. The minimum Gasteiger partial charge on any atom is -0.358 e. The van der Waals surface area contributed by atoms with Crippen LogP contribution >= 0.6 is 0 Å². The average molecular weight is 216 g/mol. The van der Waals surface area contributed by atoms with E-state index in [4.69, 9.17) is 5.73 Å². The van der Waals surface area contributed by atoms with Crippen molar-refractivity contribution in [2.45, 2.75) is 26.2 Å². The van der Waals surface area contributed by atoms with Crippen molar-refractivity contribution in [1.29, 1.82) is 0 Å². The largest absolute Gasteiger partial charge is 0.358 e. The van der Waals surface area contributed by atoms with Crippen LogP contribution < -0.4 is 5.73 Å². The molecule has 0 fully saturated rings. The van der Waals surface area contributed by atoms with Gasteiger partial charge in [0, 0.05) is 11.2 Å². The molecule has 2 nitrogen and oxygen atoms in total. The van der Waals surface area contributed by atoms with Crippen LogP contribution in [0.3, 0.4) is 0 Å². The molecule has 86 valence electrons. The highest BCUT2D eigenvalue weighted by Crippen LogP contribution is 2.17. The van der Waals surface area contributed by atoms with Gasteiger partial charge in [-0.15, -0.1) is 0 Å². The Balaban J connectivity index is 1.99. The van der Waals surface area contributed by atoms with Crippen molar-refractivity contribution in [2.75, 3.05) is 6.54 Å². The zero-order valence-corrected chi connectivity index (χ0v) is 9.87. The van der Waals surface area contributed by atoms with Crippen molar-refractivity contribution in [3.8, 4) is 0 Å². The van der Waals surface area contributed by atoms with Crippen LogP contribution in [0.5, 0.6) is 0 Å². The second-order valence-corrected chi connectivity index (χ2v) is 4.60. The Morgan fingerprint density at radius 1 is 1.25 bits per heavy atom. The van der Waals surface area contributed by atoms with Crippen LogP contribution in [0, 0.1) is 5.92 Å². The van der Waals surface area contributed by atoms with Crippen LogP contribution in [0.15, 0.2) is 30.3 Å². The topological polar surface area (TPSA) is 41.8 Å². The number of rotatable bonds is 5. The van der Waals surface area contributed by atoms with Gasteiger partial charge >= 0.3 is 0 Å². The summed E-state index contributed by atoms with van der Waals surface area (Å²) in [5.74, 6) is 0.719. The lowest BCUT2D eigenvalue weighted by atomic mass is 10.0. The van der Waals surface area contributed by atoms with Gasteiger partial charge in [-0.3, -0.25) is 0 Å². The summed E-state index contributed by atoms with van der Waals surface area (Å²) in [7, 11) is 0. The lowest BCUT2D eigenvalue weighted by molar-refractivity contribution is 0.497. The number of aryl methyl sites for hydroxylation is 1. The van der Waals surface area contributed by atoms with Crippen LogP contribution in [0.4, 0.5) is 0 Å². The Bertz CT molecular complexity index is 412. The van der Waals surface area contributed by atoms with Gasteiger partial charge < -0.3 is 10.7 Å². The molecule has 2 rings (SSSR count). The maximum Gasteiger partial charge on any atom is 0.0456 e. The van der Waals surface area contributed by atoms with E-state index in [1.54, 1.807) is 0 Å². The van der Waals surface area contributed by atoms with Gasteiger partial charge in [0.15, 0.2) is 0 Å². The zero-order valence-electron chi connectivity index (χ0n) is 9.87. The van der Waals surface area contributed by atoms with E-state index < -0.39 is 0 Å². The van der Waals surface area contributed by atoms with Crippen molar-refractivity contribution in [1.82, 2.24) is 4.98 Å². The number of aromatic amines is 1. The molecule has 1 atom stereocenters. The number of hydrogen-bond donors (Lipinski definition) is 2. The number of aromatic nitrogens is 1. The van der Waals surface area contributed by atoms with Gasteiger partial charge in [-0.1, -0.05) is 25.1 Å². The number of para-hydroxylation sites is 1. The van der Waals surface area contributed by atoms with E-state index in [-0.39, 0.29) is 0 Å². The van der Waals surface area contributed by atoms with Gasteiger partial charge in [-0.25, -0.2) is 0 Å². The van der Waals surface area contributed by atoms with Crippen molar-refractivity contribution in [2.24, 2.45) is 11.7 Å². The van der Waals surface area contributed by atoms with E-state index in [0.29, 0.717) is 0 Å². The molecule has 3 N–H and O–H groups in total. The first-order chi connectivity index (χ1) is 7.79. The highest BCUT2D eigenvalue weighted by atomic mass is 14.7. The van der Waals surface area contributed by atoms with E-state index >= 15 is 0 Å². The van der Waals surface area contributed by atoms with Crippen LogP contribution in [-0.4, -0.2) is 11.5 Å². The molecule has 0 bridgehead atoms. The summed E-state index contributed by atoms with van der Waals surface area (Å²) in [5.41, 5.74) is 8.13. The number of nitrogens with two attached hydrogens (primary N) is 1. The van der Waals surface area contributed by atoms with Crippen LogP contribution in [0.25, 0.3) is 10.9 Å². The van der Waals surface area contributed by atoms with Crippen molar-refractivity contribution in [3.05, 3.63) is 36.0 Å². The van der Waals surface area contributed by atoms with E-state index in [1.807, 2.05) is 0 Å². The van der Waals surface area contributed by atoms with Gasteiger partial charge in [0.25, 0.3) is 0 Å². The minimum absolute atomic E-state index is 0.719. The number of hydrogen-bond acceptors (Lipinski definition) is 1. The Hall–Kier alpha value is -1.28. The lowest BCUT2D eigenvalue weighted by Crippen LogP contribution is -2.06. The van der Waals surface area contributed by atoms with E-state index in [2.05, 4.69) is 42.2 Å². The molecule has 1 heterocycles. The maximum absolute atomic E-state index is 5.55. The Morgan fingerprint density at radius 3 is 2.81 bits per heavy atom. The molecule has 1 unspecified atom stereocenters. The number of H-pyrrole nitrogens is 1.